The molecule has 1 aromatic carbocycles. The van der Waals surface area contributed by atoms with Crippen LogP contribution in [0.3, 0.4) is 0 Å². The number of rotatable bonds is 2. The summed E-state index contributed by atoms with van der Waals surface area (Å²) in [4.78, 5) is 0. The van der Waals surface area contributed by atoms with Crippen molar-refractivity contribution in [3.8, 4) is 5.75 Å². The second kappa shape index (κ2) is 3.47. The van der Waals surface area contributed by atoms with E-state index in [9.17, 15) is 0 Å². The number of benzene rings is 1. The molecule has 1 atom stereocenters. The Morgan fingerprint density at radius 1 is 1.27 bits per heavy atom. The van der Waals surface area contributed by atoms with Crippen LogP contribution < -0.4 is 4.74 Å². The summed E-state index contributed by atoms with van der Waals surface area (Å²) < 4.78 is 5.05. The smallest absolute Gasteiger partial charge is 0.118 e. The Morgan fingerprint density at radius 2 is 1.82 bits per heavy atom. The van der Waals surface area contributed by atoms with E-state index in [4.69, 9.17) is 4.74 Å². The average Bonchev–Trinajstić information content (AvgIpc) is 2.05. The molecule has 0 N–H and O–H groups in total. The third-order valence-corrected chi connectivity index (χ3v) is 1.78. The molecule has 0 saturated heterocycles. The first-order valence-electron chi connectivity index (χ1n) is 3.88. The normalized spacial score (nSPS) is 12.5. The highest BCUT2D eigenvalue weighted by atomic mass is 16.5. The molecule has 1 aromatic rings. The van der Waals surface area contributed by atoms with Crippen molar-refractivity contribution in [2.24, 2.45) is 0 Å². The van der Waals surface area contributed by atoms with Crippen LogP contribution in [0.2, 0.25) is 0 Å². The van der Waals surface area contributed by atoms with Gasteiger partial charge in [0, 0.05) is 0 Å². The zero-order valence-electron chi connectivity index (χ0n) is 7.29. The molecule has 0 saturated carbocycles. The van der Waals surface area contributed by atoms with Crippen LogP contribution in [0.25, 0.3) is 0 Å². The lowest BCUT2D eigenvalue weighted by atomic mass is 9.83. The van der Waals surface area contributed by atoms with E-state index >= 15 is 0 Å². The Labute approximate surface area is 68.8 Å². The average molecular weight is 148 g/mol. The number of hydrogen-bond donors (Lipinski definition) is 0. The van der Waals surface area contributed by atoms with Gasteiger partial charge in [-0.1, -0.05) is 24.6 Å². The largest absolute Gasteiger partial charge is 0.497 e. The van der Waals surface area contributed by atoms with E-state index in [1.54, 1.807) is 7.11 Å². The maximum Gasteiger partial charge on any atom is 0.118 e. The molecule has 1 unspecified atom stereocenters. The van der Waals surface area contributed by atoms with Gasteiger partial charge in [-0.3, -0.25) is 0 Å². The van der Waals surface area contributed by atoms with Gasteiger partial charge in [0.1, 0.15) is 13.6 Å². The molecule has 58 valence electrons. The number of hydrogen-bond acceptors (Lipinski definition) is 1. The minimum atomic E-state index is 0.598. The van der Waals surface area contributed by atoms with Crippen LogP contribution in [0.1, 0.15) is 18.3 Å². The molecule has 0 bridgehead atoms. The molecule has 11 heavy (non-hydrogen) atoms. The fraction of sp³-hybridized carbons (Fsp3) is 0.333. The van der Waals surface area contributed by atoms with E-state index in [0.717, 1.165) is 5.75 Å². The van der Waals surface area contributed by atoms with E-state index in [1.165, 1.54) is 5.56 Å². The Balaban J connectivity index is 2.83. The molecular weight excluding hydrogens is 135 g/mol. The molecule has 1 rings (SSSR count). The summed E-state index contributed by atoms with van der Waals surface area (Å²) in [5.74, 6) is 1.52. The van der Waals surface area contributed by atoms with Crippen molar-refractivity contribution in [3.63, 3.8) is 0 Å². The van der Waals surface area contributed by atoms with Crippen LogP contribution in [0.15, 0.2) is 24.3 Å². The first-order chi connectivity index (χ1) is 5.24. The van der Waals surface area contributed by atoms with Gasteiger partial charge in [-0.15, -0.1) is 0 Å². The summed E-state index contributed by atoms with van der Waals surface area (Å²) in [5.41, 5.74) is 1.35. The maximum atomic E-state index is 5.05. The topological polar surface area (TPSA) is 9.23 Å². The van der Waals surface area contributed by atoms with E-state index in [-0.39, 0.29) is 0 Å². The van der Waals surface area contributed by atoms with Crippen LogP contribution >= 0.6 is 0 Å². The Hall–Kier alpha value is -0.915. The molecule has 1 nitrogen and oxygen atoms in total. The second-order valence-corrected chi connectivity index (χ2v) is 2.93. The summed E-state index contributed by atoms with van der Waals surface area (Å²) >= 11 is 0. The molecule has 0 aliphatic heterocycles. The fourth-order valence-corrected chi connectivity index (χ4v) is 0.989. The SMILES string of the molecule is BC(C)c1ccc(OC)cc1. The van der Waals surface area contributed by atoms with Crippen molar-refractivity contribution in [1.29, 1.82) is 0 Å². The van der Waals surface area contributed by atoms with Crippen molar-refractivity contribution in [2.75, 3.05) is 7.11 Å². The highest BCUT2D eigenvalue weighted by molar-refractivity contribution is 6.12. The van der Waals surface area contributed by atoms with Crippen molar-refractivity contribution < 1.29 is 4.74 Å². The van der Waals surface area contributed by atoms with Gasteiger partial charge in [0.05, 0.1) is 7.11 Å². The molecular formula is C9H13BO. The third kappa shape index (κ3) is 2.00. The first-order valence-corrected chi connectivity index (χ1v) is 3.88. The van der Waals surface area contributed by atoms with E-state index in [1.807, 2.05) is 12.1 Å². The van der Waals surface area contributed by atoms with Gasteiger partial charge >= 0.3 is 0 Å². The summed E-state index contributed by atoms with van der Waals surface area (Å²) in [6.07, 6.45) is 0. The summed E-state index contributed by atoms with van der Waals surface area (Å²) in [6, 6.07) is 8.19. The molecule has 0 fully saturated rings. The van der Waals surface area contributed by atoms with E-state index in [2.05, 4.69) is 26.9 Å². The highest BCUT2D eigenvalue weighted by Gasteiger charge is 1.97. The molecule has 0 radical (unpaired) electrons. The van der Waals surface area contributed by atoms with Crippen LogP contribution in [0.5, 0.6) is 5.75 Å². The quantitative estimate of drug-likeness (QED) is 0.575. The van der Waals surface area contributed by atoms with Crippen molar-refractivity contribution in [2.45, 2.75) is 12.7 Å². The van der Waals surface area contributed by atoms with Crippen LogP contribution in [0.4, 0.5) is 0 Å². The molecule has 0 aromatic heterocycles. The molecule has 0 aliphatic carbocycles. The molecule has 0 heterocycles. The van der Waals surface area contributed by atoms with Crippen LogP contribution in [-0.4, -0.2) is 15.0 Å². The van der Waals surface area contributed by atoms with Gasteiger partial charge in [0.15, 0.2) is 0 Å². The zero-order valence-corrected chi connectivity index (χ0v) is 7.29. The van der Waals surface area contributed by atoms with Gasteiger partial charge < -0.3 is 4.74 Å². The molecule has 0 aliphatic rings. The van der Waals surface area contributed by atoms with Gasteiger partial charge in [-0.25, -0.2) is 0 Å². The Morgan fingerprint density at radius 3 is 2.18 bits per heavy atom. The predicted octanol–water partition coefficient (Wildman–Crippen LogP) is 1.39. The Bertz CT molecular complexity index is 216. The third-order valence-electron chi connectivity index (χ3n) is 1.78. The first kappa shape index (κ1) is 8.18. The van der Waals surface area contributed by atoms with Gasteiger partial charge in [-0.05, 0) is 17.9 Å². The van der Waals surface area contributed by atoms with Gasteiger partial charge in [0.2, 0.25) is 0 Å². The van der Waals surface area contributed by atoms with E-state index < -0.39 is 0 Å². The lowest BCUT2D eigenvalue weighted by Gasteiger charge is -2.05. The minimum Gasteiger partial charge on any atom is -0.497 e. The molecule has 0 spiro atoms. The van der Waals surface area contributed by atoms with Crippen molar-refractivity contribution >= 4 is 7.85 Å². The zero-order chi connectivity index (χ0) is 8.27. The minimum absolute atomic E-state index is 0.598. The van der Waals surface area contributed by atoms with Crippen molar-refractivity contribution in [1.82, 2.24) is 0 Å². The summed E-state index contributed by atoms with van der Waals surface area (Å²) in [5, 5.41) is 0. The maximum absolute atomic E-state index is 5.05. The summed E-state index contributed by atoms with van der Waals surface area (Å²) in [6.45, 7) is 2.18. The lowest BCUT2D eigenvalue weighted by molar-refractivity contribution is 0.414. The van der Waals surface area contributed by atoms with Crippen LogP contribution in [-0.2, 0) is 0 Å². The van der Waals surface area contributed by atoms with Gasteiger partial charge in [-0.2, -0.15) is 0 Å². The standard InChI is InChI=1S/C9H13BO/c1-7(10)8-3-5-9(11-2)6-4-8/h3-7H,10H2,1-2H3. The van der Waals surface area contributed by atoms with Gasteiger partial charge in [0.25, 0.3) is 0 Å². The summed E-state index contributed by atoms with van der Waals surface area (Å²) in [7, 11) is 3.87. The Kier molecular flexibility index (Phi) is 2.58. The van der Waals surface area contributed by atoms with E-state index in [0.29, 0.717) is 5.82 Å². The lowest BCUT2D eigenvalue weighted by Crippen LogP contribution is -1.91. The van der Waals surface area contributed by atoms with Crippen LogP contribution in [0, 0.1) is 0 Å². The monoisotopic (exact) mass is 148 g/mol. The highest BCUT2D eigenvalue weighted by Crippen LogP contribution is 2.16. The molecule has 2 heteroatoms. The number of methoxy groups -OCH3 is 1. The predicted molar refractivity (Wildman–Crippen MR) is 50.0 cm³/mol. The molecule has 0 amide bonds. The second-order valence-electron chi connectivity index (χ2n) is 2.93. The fourth-order valence-electron chi connectivity index (χ4n) is 0.989. The van der Waals surface area contributed by atoms with Crippen molar-refractivity contribution in [3.05, 3.63) is 29.8 Å². The number of ether oxygens (including phenoxy) is 1.